The molecule has 0 amide bonds. The second-order valence-corrected chi connectivity index (χ2v) is 6.21. The van der Waals surface area contributed by atoms with Crippen molar-refractivity contribution in [3.63, 3.8) is 0 Å². The number of unbranched alkanes of at least 4 members (excludes halogenated alkanes) is 1. The summed E-state index contributed by atoms with van der Waals surface area (Å²) in [6, 6.07) is 0. The minimum Gasteiger partial charge on any atom is -0.0683 e. The van der Waals surface area contributed by atoms with Crippen molar-refractivity contribution in [3.05, 3.63) is 0 Å². The van der Waals surface area contributed by atoms with E-state index in [-0.39, 0.29) is 0 Å². The van der Waals surface area contributed by atoms with E-state index in [0.717, 1.165) is 11.8 Å². The standard InChI is InChI=1S/C15H30.C2H6/c1-5-6-11-15(4)12-9-7-8-10-14(15)13(2)3;1-2/h13-14H,5-12H2,1-4H3;1-2H3. The third-order valence-electron chi connectivity index (χ3n) is 4.56. The van der Waals surface area contributed by atoms with E-state index in [1.54, 1.807) is 0 Å². The van der Waals surface area contributed by atoms with Crippen LogP contribution in [-0.2, 0) is 0 Å². The third-order valence-corrected chi connectivity index (χ3v) is 4.56. The highest BCUT2D eigenvalue weighted by molar-refractivity contribution is 4.86. The lowest BCUT2D eigenvalue weighted by Crippen LogP contribution is -2.30. The van der Waals surface area contributed by atoms with E-state index in [1.165, 1.54) is 51.4 Å². The van der Waals surface area contributed by atoms with Crippen LogP contribution in [0.5, 0.6) is 0 Å². The molecule has 1 fully saturated rings. The van der Waals surface area contributed by atoms with Gasteiger partial charge >= 0.3 is 0 Å². The Morgan fingerprint density at radius 3 is 2.29 bits per heavy atom. The SMILES string of the molecule is CC.CCCCC1(C)CCCCCC1C(C)C. The summed E-state index contributed by atoms with van der Waals surface area (Å²) in [5.41, 5.74) is 0.653. The predicted molar refractivity (Wildman–Crippen MR) is 80.4 cm³/mol. The molecule has 1 saturated carbocycles. The average molecular weight is 240 g/mol. The molecule has 0 spiro atoms. The predicted octanol–water partition coefficient (Wildman–Crippen LogP) is 6.45. The van der Waals surface area contributed by atoms with E-state index in [2.05, 4.69) is 27.7 Å². The number of hydrogen-bond donors (Lipinski definition) is 0. The Morgan fingerprint density at radius 2 is 1.76 bits per heavy atom. The molecule has 0 bridgehead atoms. The van der Waals surface area contributed by atoms with Crippen molar-refractivity contribution < 1.29 is 0 Å². The highest BCUT2D eigenvalue weighted by atomic mass is 14.4. The maximum atomic E-state index is 2.57. The minimum atomic E-state index is 0.653. The Morgan fingerprint density at radius 1 is 1.12 bits per heavy atom. The molecular formula is C17H36. The normalized spacial score (nSPS) is 29.5. The molecule has 0 nitrogen and oxygen atoms in total. The van der Waals surface area contributed by atoms with Crippen LogP contribution in [0.1, 0.15) is 92.9 Å². The van der Waals surface area contributed by atoms with Gasteiger partial charge in [0, 0.05) is 0 Å². The molecule has 0 aromatic rings. The molecule has 0 aliphatic heterocycles. The lowest BCUT2D eigenvalue weighted by atomic mass is 9.66. The second-order valence-electron chi connectivity index (χ2n) is 6.21. The Kier molecular flexibility index (Phi) is 9.00. The first kappa shape index (κ1) is 17.0. The van der Waals surface area contributed by atoms with Crippen LogP contribution in [0, 0.1) is 17.3 Å². The van der Waals surface area contributed by atoms with E-state index < -0.39 is 0 Å². The fraction of sp³-hybridized carbons (Fsp3) is 1.00. The largest absolute Gasteiger partial charge is 0.0683 e. The molecule has 0 saturated heterocycles. The van der Waals surface area contributed by atoms with Gasteiger partial charge in [0.25, 0.3) is 0 Å². The van der Waals surface area contributed by atoms with Crippen LogP contribution in [0.25, 0.3) is 0 Å². The lowest BCUT2D eigenvalue weighted by molar-refractivity contribution is 0.108. The van der Waals surface area contributed by atoms with Crippen molar-refractivity contribution in [2.75, 3.05) is 0 Å². The number of rotatable bonds is 4. The summed E-state index contributed by atoms with van der Waals surface area (Å²) < 4.78 is 0. The van der Waals surface area contributed by atoms with Gasteiger partial charge in [0.15, 0.2) is 0 Å². The molecule has 1 aliphatic carbocycles. The third kappa shape index (κ3) is 5.44. The Balaban J connectivity index is 0.00000121. The van der Waals surface area contributed by atoms with Gasteiger partial charge in [-0.15, -0.1) is 0 Å². The maximum absolute atomic E-state index is 2.57. The van der Waals surface area contributed by atoms with Crippen molar-refractivity contribution >= 4 is 0 Å². The summed E-state index contributed by atoms with van der Waals surface area (Å²) in [7, 11) is 0. The van der Waals surface area contributed by atoms with Crippen LogP contribution in [0.15, 0.2) is 0 Å². The summed E-state index contributed by atoms with van der Waals surface area (Å²) >= 11 is 0. The zero-order valence-electron chi connectivity index (χ0n) is 13.3. The van der Waals surface area contributed by atoms with Gasteiger partial charge in [0.05, 0.1) is 0 Å². The highest BCUT2D eigenvalue weighted by Crippen LogP contribution is 2.46. The molecule has 1 rings (SSSR count). The fourth-order valence-electron chi connectivity index (χ4n) is 3.63. The summed E-state index contributed by atoms with van der Waals surface area (Å²) in [6.07, 6.45) is 11.7. The molecule has 1 aliphatic rings. The molecule has 0 heterocycles. The van der Waals surface area contributed by atoms with Crippen LogP contribution in [0.3, 0.4) is 0 Å². The minimum absolute atomic E-state index is 0.653. The van der Waals surface area contributed by atoms with Crippen molar-refractivity contribution in [2.45, 2.75) is 92.9 Å². The van der Waals surface area contributed by atoms with Crippen molar-refractivity contribution in [1.82, 2.24) is 0 Å². The zero-order valence-corrected chi connectivity index (χ0v) is 13.3. The van der Waals surface area contributed by atoms with Crippen molar-refractivity contribution in [1.29, 1.82) is 0 Å². The molecule has 0 radical (unpaired) electrons. The van der Waals surface area contributed by atoms with E-state index in [9.17, 15) is 0 Å². The quantitative estimate of drug-likeness (QED) is 0.496. The van der Waals surface area contributed by atoms with E-state index >= 15 is 0 Å². The first-order chi connectivity index (χ1) is 8.10. The summed E-state index contributed by atoms with van der Waals surface area (Å²) in [5.74, 6) is 1.86. The van der Waals surface area contributed by atoms with Gasteiger partial charge in [0.2, 0.25) is 0 Å². The Labute approximate surface area is 111 Å². The van der Waals surface area contributed by atoms with Crippen molar-refractivity contribution in [3.8, 4) is 0 Å². The van der Waals surface area contributed by atoms with E-state index in [4.69, 9.17) is 0 Å². The van der Waals surface area contributed by atoms with Gasteiger partial charge in [0.1, 0.15) is 0 Å². The zero-order chi connectivity index (χ0) is 13.3. The molecule has 0 heteroatoms. The molecule has 0 aromatic carbocycles. The molecule has 2 unspecified atom stereocenters. The van der Waals surface area contributed by atoms with Gasteiger partial charge < -0.3 is 0 Å². The maximum Gasteiger partial charge on any atom is -0.0295 e. The van der Waals surface area contributed by atoms with Gasteiger partial charge in [-0.2, -0.15) is 0 Å². The summed E-state index contributed by atoms with van der Waals surface area (Å²) in [5, 5.41) is 0. The van der Waals surface area contributed by atoms with Gasteiger partial charge in [-0.1, -0.05) is 73.6 Å². The van der Waals surface area contributed by atoms with Crippen molar-refractivity contribution in [2.24, 2.45) is 17.3 Å². The second kappa shape index (κ2) is 9.00. The first-order valence-electron chi connectivity index (χ1n) is 8.10. The van der Waals surface area contributed by atoms with Gasteiger partial charge in [-0.3, -0.25) is 0 Å². The van der Waals surface area contributed by atoms with Crippen LogP contribution in [0.4, 0.5) is 0 Å². The fourth-order valence-corrected chi connectivity index (χ4v) is 3.63. The van der Waals surface area contributed by atoms with Crippen LogP contribution >= 0.6 is 0 Å². The topological polar surface area (TPSA) is 0 Å². The monoisotopic (exact) mass is 240 g/mol. The molecule has 17 heavy (non-hydrogen) atoms. The smallest absolute Gasteiger partial charge is 0.0295 e. The van der Waals surface area contributed by atoms with Crippen LogP contribution in [0.2, 0.25) is 0 Å². The highest BCUT2D eigenvalue weighted by Gasteiger charge is 2.35. The van der Waals surface area contributed by atoms with E-state index in [0.29, 0.717) is 5.41 Å². The Hall–Kier alpha value is 0. The lowest BCUT2D eigenvalue weighted by Gasteiger charge is -2.39. The molecule has 0 aromatic heterocycles. The van der Waals surface area contributed by atoms with E-state index in [1.807, 2.05) is 13.8 Å². The average Bonchev–Trinajstić information content (AvgIpc) is 2.51. The van der Waals surface area contributed by atoms with Crippen LogP contribution < -0.4 is 0 Å². The van der Waals surface area contributed by atoms with Gasteiger partial charge in [-0.25, -0.2) is 0 Å². The Bertz CT molecular complexity index is 171. The van der Waals surface area contributed by atoms with Gasteiger partial charge in [-0.05, 0) is 36.5 Å². The number of hydrogen-bond acceptors (Lipinski definition) is 0. The van der Waals surface area contributed by atoms with Crippen LogP contribution in [-0.4, -0.2) is 0 Å². The molecule has 104 valence electrons. The summed E-state index contributed by atoms with van der Waals surface area (Å²) in [4.78, 5) is 0. The molecule has 0 N–H and O–H groups in total. The summed E-state index contributed by atoms with van der Waals surface area (Å²) in [6.45, 7) is 13.8. The first-order valence-corrected chi connectivity index (χ1v) is 8.10. The molecule has 2 atom stereocenters. The molecular weight excluding hydrogens is 204 g/mol.